The zero-order valence-electron chi connectivity index (χ0n) is 21.8. The molecule has 1 unspecified atom stereocenters. The minimum absolute atomic E-state index is 0. The third-order valence-corrected chi connectivity index (χ3v) is 7.71. The summed E-state index contributed by atoms with van der Waals surface area (Å²) in [7, 11) is -0.977. The number of carbonyl (C=O) groups is 1. The summed E-state index contributed by atoms with van der Waals surface area (Å²) in [5, 5.41) is 27.2. The molecule has 3 rings (SSSR count). The van der Waals surface area contributed by atoms with Gasteiger partial charge in [0.25, 0.3) is 0 Å². The molecule has 0 heterocycles. The van der Waals surface area contributed by atoms with Crippen molar-refractivity contribution in [2.45, 2.75) is 36.1 Å². The number of sulfone groups is 1. The van der Waals surface area contributed by atoms with Crippen molar-refractivity contribution < 1.29 is 32.9 Å². The second kappa shape index (κ2) is 15.4. The molecule has 0 radical (unpaired) electrons. The Bertz CT molecular complexity index is 1290. The van der Waals surface area contributed by atoms with E-state index in [2.05, 4.69) is 10.6 Å². The molecule has 0 spiro atoms. The molecule has 11 heteroatoms. The molecule has 3 atom stereocenters. The van der Waals surface area contributed by atoms with E-state index in [1.165, 1.54) is 25.3 Å². The molecule has 3 aromatic carbocycles. The second-order valence-corrected chi connectivity index (χ2v) is 10.9. The van der Waals surface area contributed by atoms with E-state index in [-0.39, 0.29) is 30.3 Å². The zero-order valence-corrected chi connectivity index (χ0v) is 23.5. The predicted octanol–water partition coefficient (Wildman–Crippen LogP) is 2.14. The number of hydrogen-bond donors (Lipinski definition) is 4. The lowest BCUT2D eigenvalue weighted by Crippen LogP contribution is -2.52. The number of carbonyl (C=O) groups excluding carboxylic acids is 1. The van der Waals surface area contributed by atoms with Crippen molar-refractivity contribution in [3.63, 3.8) is 0 Å². The van der Waals surface area contributed by atoms with E-state index >= 15 is 0 Å². The minimum atomic E-state index is -3.98. The van der Waals surface area contributed by atoms with Gasteiger partial charge in [0.2, 0.25) is 5.91 Å². The molecule has 9 nitrogen and oxygen atoms in total. The molecular weight excluding hydrogens is 544 g/mol. The Balaban J connectivity index is 0.00000533. The predicted molar refractivity (Wildman–Crippen MR) is 151 cm³/mol. The van der Waals surface area contributed by atoms with Crippen LogP contribution in [-0.4, -0.2) is 69.3 Å². The number of amides is 1. The van der Waals surface area contributed by atoms with Crippen molar-refractivity contribution in [1.29, 1.82) is 0 Å². The van der Waals surface area contributed by atoms with Gasteiger partial charge in [0.1, 0.15) is 17.6 Å². The molecule has 0 aromatic heterocycles. The first-order valence-corrected chi connectivity index (χ1v) is 13.8. The summed E-state index contributed by atoms with van der Waals surface area (Å²) in [6.07, 6.45) is -2.57. The van der Waals surface area contributed by atoms with E-state index in [1.54, 1.807) is 13.2 Å². The van der Waals surface area contributed by atoms with Crippen LogP contribution in [0.5, 0.6) is 11.5 Å². The molecular formula is C28H35ClN2O7S. The lowest BCUT2D eigenvalue weighted by Gasteiger charge is -2.26. The molecule has 4 N–H and O–H groups in total. The summed E-state index contributed by atoms with van der Waals surface area (Å²) in [6, 6.07) is 21.8. The Kier molecular flexibility index (Phi) is 12.7. The van der Waals surface area contributed by atoms with E-state index < -0.39 is 39.7 Å². The lowest BCUT2D eigenvalue weighted by atomic mass is 10.0. The lowest BCUT2D eigenvalue weighted by molar-refractivity contribution is -0.129. The van der Waals surface area contributed by atoms with Crippen LogP contribution in [0, 0.1) is 0 Å². The Morgan fingerprint density at radius 3 is 2.15 bits per heavy atom. The fraction of sp³-hybridized carbons (Fsp3) is 0.321. The number of hydrogen-bond acceptors (Lipinski definition) is 8. The van der Waals surface area contributed by atoms with Gasteiger partial charge in [-0.2, -0.15) is 0 Å². The average molecular weight is 579 g/mol. The van der Waals surface area contributed by atoms with Gasteiger partial charge in [0, 0.05) is 13.1 Å². The molecule has 0 aliphatic rings. The average Bonchev–Trinajstić information content (AvgIpc) is 2.93. The van der Waals surface area contributed by atoms with Gasteiger partial charge < -0.3 is 30.3 Å². The van der Waals surface area contributed by atoms with Gasteiger partial charge in [-0.25, -0.2) is 8.42 Å². The molecule has 0 saturated heterocycles. The number of nitrogens with one attached hydrogen (secondary N) is 2. The highest BCUT2D eigenvalue weighted by molar-refractivity contribution is 7.91. The third kappa shape index (κ3) is 9.83. The van der Waals surface area contributed by atoms with Crippen LogP contribution in [0.2, 0.25) is 0 Å². The third-order valence-electron chi connectivity index (χ3n) is 5.99. The molecule has 0 bridgehead atoms. The van der Waals surface area contributed by atoms with Crippen molar-refractivity contribution in [2.75, 3.05) is 26.5 Å². The standard InChI is InChI=1S/C28H34N2O7S.ClH/c1-36-22-11-6-10-21(14-22)17-29-18-26(31)25(15-20-8-4-3-5-9-20)30-28(33)27(32)19-38(34,35)24-13-7-12-23(16-24)37-2;/h3-14,16,25-27,29,31-32H,15,17-19H2,1-2H3,(H,30,33);1H/t25-,26-,27?;/m0./s1. The smallest absolute Gasteiger partial charge is 0.250 e. The summed E-state index contributed by atoms with van der Waals surface area (Å²) in [5.41, 5.74) is 1.82. The van der Waals surface area contributed by atoms with Gasteiger partial charge in [0.15, 0.2) is 9.84 Å². The zero-order chi connectivity index (χ0) is 27.5. The SMILES string of the molecule is COc1cccc(CNC[C@H](O)[C@H](Cc2ccccc2)NC(=O)C(O)CS(=O)(=O)c2cccc(OC)c2)c1.Cl. The topological polar surface area (TPSA) is 134 Å². The molecule has 0 aliphatic heterocycles. The van der Waals surface area contributed by atoms with Crippen molar-refractivity contribution in [1.82, 2.24) is 10.6 Å². The largest absolute Gasteiger partial charge is 0.497 e. The van der Waals surface area contributed by atoms with E-state index in [9.17, 15) is 23.4 Å². The first-order valence-electron chi connectivity index (χ1n) is 12.1. The number of halogens is 1. The number of aliphatic hydroxyl groups is 2. The van der Waals surface area contributed by atoms with Crippen LogP contribution >= 0.6 is 12.4 Å². The fourth-order valence-corrected chi connectivity index (χ4v) is 5.23. The maximum absolute atomic E-state index is 12.9. The van der Waals surface area contributed by atoms with Crippen LogP contribution in [0.4, 0.5) is 0 Å². The molecule has 0 aliphatic carbocycles. The van der Waals surface area contributed by atoms with Crippen molar-refractivity contribution in [3.8, 4) is 11.5 Å². The number of methoxy groups -OCH3 is 2. The van der Waals surface area contributed by atoms with E-state index in [4.69, 9.17) is 9.47 Å². The van der Waals surface area contributed by atoms with Crippen LogP contribution in [0.1, 0.15) is 11.1 Å². The van der Waals surface area contributed by atoms with E-state index in [1.807, 2.05) is 54.6 Å². The van der Waals surface area contributed by atoms with Crippen LogP contribution < -0.4 is 20.1 Å². The maximum atomic E-state index is 12.9. The number of benzene rings is 3. The highest BCUT2D eigenvalue weighted by Gasteiger charge is 2.29. The monoisotopic (exact) mass is 578 g/mol. The molecule has 3 aromatic rings. The molecule has 39 heavy (non-hydrogen) atoms. The normalized spacial score (nSPS) is 13.4. The van der Waals surface area contributed by atoms with Gasteiger partial charge in [-0.1, -0.05) is 48.5 Å². The maximum Gasteiger partial charge on any atom is 0.250 e. The highest BCUT2D eigenvalue weighted by atomic mass is 35.5. The first kappa shape index (κ1) is 32.1. The summed E-state index contributed by atoms with van der Waals surface area (Å²) < 4.78 is 35.9. The fourth-order valence-electron chi connectivity index (χ4n) is 3.89. The van der Waals surface area contributed by atoms with Crippen molar-refractivity contribution in [2.24, 2.45) is 0 Å². The Hall–Kier alpha value is -3.15. The molecule has 0 fully saturated rings. The molecule has 212 valence electrons. The second-order valence-electron chi connectivity index (χ2n) is 8.83. The quantitative estimate of drug-likeness (QED) is 0.229. The van der Waals surface area contributed by atoms with Gasteiger partial charge in [-0.3, -0.25) is 4.79 Å². The molecule has 1 amide bonds. The Labute approximate surface area is 235 Å². The van der Waals surface area contributed by atoms with Gasteiger partial charge in [0.05, 0.1) is 37.0 Å². The Morgan fingerprint density at radius 2 is 1.49 bits per heavy atom. The van der Waals surface area contributed by atoms with Gasteiger partial charge in [-0.15, -0.1) is 12.4 Å². The van der Waals surface area contributed by atoms with Gasteiger partial charge >= 0.3 is 0 Å². The van der Waals surface area contributed by atoms with Crippen LogP contribution in [0.25, 0.3) is 0 Å². The summed E-state index contributed by atoms with van der Waals surface area (Å²) >= 11 is 0. The van der Waals surface area contributed by atoms with Crippen LogP contribution in [0.15, 0.2) is 83.8 Å². The van der Waals surface area contributed by atoms with E-state index in [0.717, 1.165) is 16.9 Å². The highest BCUT2D eigenvalue weighted by Crippen LogP contribution is 2.19. The summed E-state index contributed by atoms with van der Waals surface area (Å²) in [5.74, 6) is -0.632. The minimum Gasteiger partial charge on any atom is -0.497 e. The number of ether oxygens (including phenoxy) is 2. The number of rotatable bonds is 14. The Morgan fingerprint density at radius 1 is 0.872 bits per heavy atom. The van der Waals surface area contributed by atoms with Crippen LogP contribution in [-0.2, 0) is 27.6 Å². The summed E-state index contributed by atoms with van der Waals surface area (Å²) in [4.78, 5) is 12.8. The van der Waals surface area contributed by atoms with E-state index in [0.29, 0.717) is 12.3 Å². The van der Waals surface area contributed by atoms with Crippen molar-refractivity contribution in [3.05, 3.63) is 90.0 Å². The van der Waals surface area contributed by atoms with Crippen LogP contribution in [0.3, 0.4) is 0 Å². The number of aliphatic hydroxyl groups excluding tert-OH is 2. The summed E-state index contributed by atoms with van der Waals surface area (Å²) in [6.45, 7) is 0.606. The van der Waals surface area contributed by atoms with Gasteiger partial charge in [-0.05, 0) is 47.9 Å². The molecule has 0 saturated carbocycles. The van der Waals surface area contributed by atoms with Crippen molar-refractivity contribution >= 4 is 28.2 Å². The first-order chi connectivity index (χ1) is 18.2.